The molecule has 12 heteroatoms. The molecule has 3 aromatic carbocycles. The number of carbonyl (C=O) groups excluding carboxylic acids is 3. The summed E-state index contributed by atoms with van der Waals surface area (Å²) in [6.07, 6.45) is 1.84. The van der Waals surface area contributed by atoms with Crippen molar-refractivity contribution in [1.82, 2.24) is 15.4 Å². The first-order valence-electron chi connectivity index (χ1n) is 18.1. The molecule has 3 aliphatic heterocycles. The van der Waals surface area contributed by atoms with Crippen LogP contribution in [-0.2, 0) is 26.4 Å². The number of aromatic nitrogens is 1. The van der Waals surface area contributed by atoms with Crippen LogP contribution in [0.4, 0.5) is 21.5 Å². The Labute approximate surface area is 307 Å². The number of benzene rings is 3. The second-order valence-electron chi connectivity index (χ2n) is 14.8. The summed E-state index contributed by atoms with van der Waals surface area (Å²) < 4.78 is 27.5. The van der Waals surface area contributed by atoms with Gasteiger partial charge < -0.3 is 28.8 Å². The van der Waals surface area contributed by atoms with Crippen LogP contribution >= 0.6 is 0 Å². The third kappa shape index (κ3) is 6.23. The summed E-state index contributed by atoms with van der Waals surface area (Å²) in [6, 6.07) is 16.9. The molecule has 2 saturated heterocycles. The van der Waals surface area contributed by atoms with Crippen LogP contribution in [-0.4, -0.2) is 65.7 Å². The average Bonchev–Trinajstić information content (AvgIpc) is 3.77. The maximum absolute atomic E-state index is 15.5. The molecule has 4 heterocycles. The lowest BCUT2D eigenvalue weighted by Gasteiger charge is -2.42. The minimum Gasteiger partial charge on any atom is -0.370 e. The number of nitrogens with zero attached hydrogens (tertiary/aromatic N) is 5. The summed E-state index contributed by atoms with van der Waals surface area (Å²) in [7, 11) is 0. The number of hydrogen-bond acceptors (Lipinski definition) is 8. The van der Waals surface area contributed by atoms with E-state index in [9.17, 15) is 14.4 Å². The fourth-order valence-corrected chi connectivity index (χ4v) is 8.00. The predicted molar refractivity (Wildman–Crippen MR) is 196 cm³/mol. The number of nitrogens with one attached hydrogen (secondary N) is 1. The lowest BCUT2D eigenvalue weighted by atomic mass is 10.00. The van der Waals surface area contributed by atoms with E-state index in [1.165, 1.54) is 11.0 Å². The van der Waals surface area contributed by atoms with E-state index in [1.807, 2.05) is 25.7 Å². The highest BCUT2D eigenvalue weighted by atomic mass is 19.1. The van der Waals surface area contributed by atoms with Gasteiger partial charge in [-0.15, -0.1) is 0 Å². The number of carbonyl (C=O) groups is 3. The lowest BCUT2D eigenvalue weighted by molar-refractivity contribution is -0.136. The maximum Gasteiger partial charge on any atom is 0.258 e. The van der Waals surface area contributed by atoms with Gasteiger partial charge in [0, 0.05) is 73.5 Å². The van der Waals surface area contributed by atoms with Crippen molar-refractivity contribution in [3.05, 3.63) is 106 Å². The molecular formula is C41H41FN6O5. The molecule has 0 bridgehead atoms. The van der Waals surface area contributed by atoms with Gasteiger partial charge in [0.15, 0.2) is 0 Å². The molecular weight excluding hydrogens is 675 g/mol. The molecule has 11 nitrogen and oxygen atoms in total. The maximum atomic E-state index is 15.5. The Balaban J connectivity index is 0.980. The number of rotatable bonds is 10. The lowest BCUT2D eigenvalue weighted by Crippen LogP contribution is -2.54. The predicted octanol–water partition coefficient (Wildman–Crippen LogP) is 6.51. The number of ether oxygens (including phenoxy) is 1. The van der Waals surface area contributed by atoms with Gasteiger partial charge in [-0.05, 0) is 93.3 Å². The molecule has 0 radical (unpaired) electrons. The highest BCUT2D eigenvalue weighted by Gasteiger charge is 2.52. The van der Waals surface area contributed by atoms with E-state index < -0.39 is 29.2 Å². The van der Waals surface area contributed by atoms with Gasteiger partial charge in [-0.3, -0.25) is 19.7 Å². The van der Waals surface area contributed by atoms with Gasteiger partial charge in [-0.1, -0.05) is 17.3 Å². The Morgan fingerprint density at radius 1 is 1.09 bits per heavy atom. The van der Waals surface area contributed by atoms with Crippen LogP contribution < -0.4 is 15.1 Å². The third-order valence-electron chi connectivity index (χ3n) is 11.1. The first kappa shape index (κ1) is 34.5. The van der Waals surface area contributed by atoms with Gasteiger partial charge in [-0.25, -0.2) is 11.0 Å². The summed E-state index contributed by atoms with van der Waals surface area (Å²) in [5.41, 5.74) is 7.87. The van der Waals surface area contributed by atoms with Crippen LogP contribution in [0.2, 0.25) is 0 Å². The van der Waals surface area contributed by atoms with E-state index >= 15 is 4.39 Å². The van der Waals surface area contributed by atoms with Gasteiger partial charge in [0.2, 0.25) is 11.8 Å². The number of fused-ring (bicyclic) bond motifs is 1. The van der Waals surface area contributed by atoms with Crippen molar-refractivity contribution in [2.24, 2.45) is 0 Å². The standard InChI is InChI=1S/C41H41FN6O5/c1-23-6-7-27(38-25(3)45-53-26(38)4)16-35(23)47(30-10-8-29(9-11-30)41(43-5)14-15-41)19-24(2)52-31-21-46(22-31)36-17-28-20-48(40(51)32(28)18-33(36)42)34-12-13-37(49)44-39(34)50/h6-11,16-18,24,31,34H,12-15,19-22H2,1-4H3,(H,44,49,50). The summed E-state index contributed by atoms with van der Waals surface area (Å²) in [4.78, 5) is 46.8. The minimum absolute atomic E-state index is 0.133. The molecule has 4 aliphatic rings. The van der Waals surface area contributed by atoms with Crippen LogP contribution in [0.25, 0.3) is 16.0 Å². The second-order valence-corrected chi connectivity index (χ2v) is 14.8. The molecule has 3 amide bonds. The fourth-order valence-electron chi connectivity index (χ4n) is 8.00. The Morgan fingerprint density at radius 3 is 2.51 bits per heavy atom. The van der Waals surface area contributed by atoms with Crippen LogP contribution in [0, 0.1) is 33.2 Å². The Kier molecular flexibility index (Phi) is 8.57. The number of amides is 3. The average molecular weight is 717 g/mol. The van der Waals surface area contributed by atoms with Crippen molar-refractivity contribution in [2.75, 3.05) is 29.4 Å². The quantitative estimate of drug-likeness (QED) is 0.146. The zero-order chi connectivity index (χ0) is 37.2. The van der Waals surface area contributed by atoms with Crippen molar-refractivity contribution >= 4 is 34.8 Å². The molecule has 1 N–H and O–H groups in total. The van der Waals surface area contributed by atoms with Crippen molar-refractivity contribution < 1.29 is 28.0 Å². The SMILES string of the molecule is [C-]#[N+]C1(c2ccc(N(CC(C)OC3CN(c4cc5c(cc4F)C(=O)N(C4CCC(=O)NC4=O)C5)C3)c3cc(-c4c(C)noc4C)ccc3C)cc2)CC1. The summed E-state index contributed by atoms with van der Waals surface area (Å²) in [5.74, 6) is -0.986. The van der Waals surface area contributed by atoms with Gasteiger partial charge >= 0.3 is 0 Å². The molecule has 1 aromatic heterocycles. The summed E-state index contributed by atoms with van der Waals surface area (Å²) >= 11 is 0. The van der Waals surface area contributed by atoms with E-state index in [0.29, 0.717) is 30.9 Å². The van der Waals surface area contributed by atoms with Crippen molar-refractivity contribution in [3.8, 4) is 11.1 Å². The largest absolute Gasteiger partial charge is 0.370 e. The number of anilines is 3. The van der Waals surface area contributed by atoms with Gasteiger partial charge in [-0.2, -0.15) is 0 Å². The number of aryl methyl sites for hydroxylation is 3. The van der Waals surface area contributed by atoms with Gasteiger partial charge in [0.05, 0.1) is 23.6 Å². The Bertz CT molecular complexity index is 2160. The Hall–Kier alpha value is -5.54. The van der Waals surface area contributed by atoms with Crippen LogP contribution in [0.15, 0.2) is 59.1 Å². The van der Waals surface area contributed by atoms with Gasteiger partial charge in [0.25, 0.3) is 11.4 Å². The van der Waals surface area contributed by atoms with Crippen molar-refractivity contribution in [3.63, 3.8) is 0 Å². The van der Waals surface area contributed by atoms with E-state index in [4.69, 9.17) is 15.8 Å². The number of halogens is 1. The Morgan fingerprint density at radius 2 is 1.85 bits per heavy atom. The van der Waals surface area contributed by atoms with E-state index in [-0.39, 0.29) is 43.1 Å². The highest BCUT2D eigenvalue weighted by Crippen LogP contribution is 2.50. The van der Waals surface area contributed by atoms with Crippen molar-refractivity contribution in [1.29, 1.82) is 0 Å². The topological polar surface area (TPSA) is 113 Å². The molecule has 272 valence electrons. The van der Waals surface area contributed by atoms with E-state index in [0.717, 1.165) is 57.9 Å². The minimum atomic E-state index is -0.754. The summed E-state index contributed by atoms with van der Waals surface area (Å²) in [6.45, 7) is 17.4. The first-order valence-corrected chi connectivity index (χ1v) is 18.1. The molecule has 2 unspecified atom stereocenters. The van der Waals surface area contributed by atoms with Crippen LogP contribution in [0.5, 0.6) is 0 Å². The first-order chi connectivity index (χ1) is 25.4. The molecule has 0 spiro atoms. The van der Waals surface area contributed by atoms with E-state index in [2.05, 4.69) is 69.6 Å². The molecule has 3 fully saturated rings. The molecule has 4 aromatic rings. The summed E-state index contributed by atoms with van der Waals surface area (Å²) in [5, 5.41) is 6.47. The molecule has 1 aliphatic carbocycles. The molecule has 53 heavy (non-hydrogen) atoms. The molecule has 1 saturated carbocycles. The van der Waals surface area contributed by atoms with Crippen molar-refractivity contribution in [2.45, 2.75) is 83.7 Å². The second kappa shape index (κ2) is 13.1. The number of imide groups is 1. The van der Waals surface area contributed by atoms with Gasteiger partial charge in [0.1, 0.15) is 17.6 Å². The zero-order valence-corrected chi connectivity index (χ0v) is 30.2. The van der Waals surface area contributed by atoms with Crippen LogP contribution in [0.3, 0.4) is 0 Å². The normalized spacial score (nSPS) is 19.8. The number of hydrogen-bond donors (Lipinski definition) is 1. The third-order valence-corrected chi connectivity index (χ3v) is 11.1. The fraction of sp³-hybridized carbons (Fsp3) is 0.390. The number of piperidine rings is 1. The van der Waals surface area contributed by atoms with E-state index in [1.54, 1.807) is 6.07 Å². The highest BCUT2D eigenvalue weighted by molar-refractivity contribution is 6.05. The molecule has 8 rings (SSSR count). The smallest absolute Gasteiger partial charge is 0.258 e. The van der Waals surface area contributed by atoms with Crippen LogP contribution in [0.1, 0.15) is 71.1 Å². The molecule has 2 atom stereocenters. The zero-order valence-electron chi connectivity index (χ0n) is 30.2. The monoisotopic (exact) mass is 716 g/mol.